The Kier molecular flexibility index (Phi) is 2.97. The van der Waals surface area contributed by atoms with Crippen LogP contribution in [0, 0.1) is 17.3 Å². The summed E-state index contributed by atoms with van der Waals surface area (Å²) in [5.41, 5.74) is -0.521. The Morgan fingerprint density at radius 2 is 2.11 bits per heavy atom. The van der Waals surface area contributed by atoms with Crippen molar-refractivity contribution in [3.05, 3.63) is 20.8 Å². The molecule has 0 N–H and O–H groups in total. The van der Waals surface area contributed by atoms with E-state index in [0.29, 0.717) is 0 Å². The van der Waals surface area contributed by atoms with Gasteiger partial charge in [-0.05, 0) is 40.9 Å². The number of ether oxygens (including phenoxy) is 1. The maximum atomic E-state index is 11.6. The predicted octanol–water partition coefficient (Wildman–Crippen LogP) is 4.03. The van der Waals surface area contributed by atoms with E-state index in [1.165, 1.54) is 16.5 Å². The van der Waals surface area contributed by atoms with Crippen LogP contribution >= 0.6 is 38.6 Å². The first-order chi connectivity index (χ1) is 8.63. The van der Waals surface area contributed by atoms with E-state index in [0.717, 1.165) is 21.5 Å². The molecule has 0 amide bonds. The summed E-state index contributed by atoms with van der Waals surface area (Å²) in [4.78, 5) is 12.6. The Morgan fingerprint density at radius 1 is 1.39 bits per heavy atom. The minimum atomic E-state index is -0.521. The summed E-state index contributed by atoms with van der Waals surface area (Å²) < 4.78 is 8.39. The van der Waals surface area contributed by atoms with Gasteiger partial charge in [0, 0.05) is 9.40 Å². The second kappa shape index (κ2) is 4.37. The number of hydrogen-bond donors (Lipinski definition) is 0. The molecule has 1 aliphatic rings. The van der Waals surface area contributed by atoms with Gasteiger partial charge in [-0.3, -0.25) is 4.79 Å². The maximum absolute atomic E-state index is 11.6. The standard InChI is InChI=1S/C13H9BrO2S2/c1-16-12(15)13(4-5-13)3-2-8-6-9-10(17-8)7-11(14)18-9/h6-7H,4-5H2,1H3. The molecule has 0 bridgehead atoms. The third-order valence-electron chi connectivity index (χ3n) is 2.93. The zero-order chi connectivity index (χ0) is 12.8. The smallest absolute Gasteiger partial charge is 0.324 e. The van der Waals surface area contributed by atoms with Crippen LogP contribution in [-0.2, 0) is 9.53 Å². The van der Waals surface area contributed by atoms with E-state index in [9.17, 15) is 4.79 Å². The second-order valence-corrected chi connectivity index (χ2v) is 7.76. The molecule has 5 heteroatoms. The van der Waals surface area contributed by atoms with Gasteiger partial charge in [-0.2, -0.15) is 0 Å². The molecule has 0 aromatic carbocycles. The summed E-state index contributed by atoms with van der Waals surface area (Å²) in [6.07, 6.45) is 1.63. The van der Waals surface area contributed by atoms with Crippen LogP contribution in [0.1, 0.15) is 17.7 Å². The van der Waals surface area contributed by atoms with Gasteiger partial charge in [-0.25, -0.2) is 0 Å². The average molecular weight is 341 g/mol. The fourth-order valence-electron chi connectivity index (χ4n) is 1.75. The van der Waals surface area contributed by atoms with Gasteiger partial charge in [0.1, 0.15) is 5.41 Å². The van der Waals surface area contributed by atoms with Crippen molar-refractivity contribution < 1.29 is 9.53 Å². The maximum Gasteiger partial charge on any atom is 0.324 e. The van der Waals surface area contributed by atoms with Crippen LogP contribution in [0.3, 0.4) is 0 Å². The van der Waals surface area contributed by atoms with Crippen molar-refractivity contribution >= 4 is 54.0 Å². The lowest BCUT2D eigenvalue weighted by atomic mass is 10.1. The lowest BCUT2D eigenvalue weighted by Gasteiger charge is -2.02. The van der Waals surface area contributed by atoms with Gasteiger partial charge in [0.05, 0.1) is 15.8 Å². The van der Waals surface area contributed by atoms with Crippen molar-refractivity contribution in [3.63, 3.8) is 0 Å². The number of thiophene rings is 2. The minimum absolute atomic E-state index is 0.198. The minimum Gasteiger partial charge on any atom is -0.468 e. The molecule has 1 aliphatic carbocycles. The lowest BCUT2D eigenvalue weighted by Crippen LogP contribution is -2.15. The van der Waals surface area contributed by atoms with Gasteiger partial charge in [0.15, 0.2) is 0 Å². The van der Waals surface area contributed by atoms with E-state index in [1.54, 1.807) is 22.7 Å². The zero-order valence-corrected chi connectivity index (χ0v) is 12.8. The van der Waals surface area contributed by atoms with Crippen molar-refractivity contribution in [2.45, 2.75) is 12.8 Å². The highest BCUT2D eigenvalue weighted by Gasteiger charge is 2.50. The van der Waals surface area contributed by atoms with Gasteiger partial charge < -0.3 is 4.74 Å². The summed E-state index contributed by atoms with van der Waals surface area (Å²) in [6, 6.07) is 4.18. The Hall–Kier alpha value is -0.830. The number of halogens is 1. The molecule has 92 valence electrons. The summed E-state index contributed by atoms with van der Waals surface area (Å²) in [6.45, 7) is 0. The number of rotatable bonds is 1. The molecule has 2 aromatic heterocycles. The molecule has 2 nitrogen and oxygen atoms in total. The van der Waals surface area contributed by atoms with Crippen LogP contribution in [0.4, 0.5) is 0 Å². The molecule has 1 fully saturated rings. The predicted molar refractivity (Wildman–Crippen MR) is 78.0 cm³/mol. The van der Waals surface area contributed by atoms with Crippen LogP contribution < -0.4 is 0 Å². The third-order valence-corrected chi connectivity index (χ3v) is 5.64. The van der Waals surface area contributed by atoms with Gasteiger partial charge in [0.25, 0.3) is 0 Å². The van der Waals surface area contributed by atoms with E-state index in [-0.39, 0.29) is 5.97 Å². The number of methoxy groups -OCH3 is 1. The number of esters is 1. The zero-order valence-electron chi connectivity index (χ0n) is 9.58. The molecule has 0 aliphatic heterocycles. The molecule has 0 saturated heterocycles. The van der Waals surface area contributed by atoms with Crippen molar-refractivity contribution in [1.29, 1.82) is 0 Å². The highest BCUT2D eigenvalue weighted by Crippen LogP contribution is 2.46. The first-order valence-corrected chi connectivity index (χ1v) is 7.86. The third kappa shape index (κ3) is 2.09. The molecule has 2 heterocycles. The molecule has 0 unspecified atom stereocenters. The molecule has 0 atom stereocenters. The first kappa shape index (κ1) is 12.2. The van der Waals surface area contributed by atoms with Crippen LogP contribution in [0.25, 0.3) is 9.40 Å². The molecule has 1 saturated carbocycles. The fourth-order valence-corrected chi connectivity index (χ4v) is 4.63. The normalized spacial score (nSPS) is 16.1. The SMILES string of the molecule is COC(=O)C1(C#Cc2cc3sc(Br)cc3s2)CC1. The van der Waals surface area contributed by atoms with Crippen molar-refractivity contribution in [2.75, 3.05) is 7.11 Å². The average Bonchev–Trinajstić information content (AvgIpc) is 2.94. The fraction of sp³-hybridized carbons (Fsp3) is 0.308. The van der Waals surface area contributed by atoms with E-state index in [1.807, 2.05) is 0 Å². The topological polar surface area (TPSA) is 26.3 Å². The molecule has 2 aromatic rings. The van der Waals surface area contributed by atoms with Crippen LogP contribution in [0.5, 0.6) is 0 Å². The van der Waals surface area contributed by atoms with E-state index < -0.39 is 5.41 Å². The van der Waals surface area contributed by atoms with Gasteiger partial charge in [-0.15, -0.1) is 22.7 Å². The van der Waals surface area contributed by atoms with Crippen molar-refractivity contribution in [3.8, 4) is 11.8 Å². The molecule has 0 radical (unpaired) electrons. The molecular weight excluding hydrogens is 332 g/mol. The van der Waals surface area contributed by atoms with E-state index in [2.05, 4.69) is 39.9 Å². The number of fused-ring (bicyclic) bond motifs is 1. The summed E-state index contributed by atoms with van der Waals surface area (Å²) in [7, 11) is 1.42. The summed E-state index contributed by atoms with van der Waals surface area (Å²) in [5.74, 6) is 6.00. The highest BCUT2D eigenvalue weighted by molar-refractivity contribution is 9.11. The number of carbonyl (C=O) groups excluding carboxylic acids is 1. The Balaban J connectivity index is 1.89. The van der Waals surface area contributed by atoms with Crippen LogP contribution in [0.15, 0.2) is 15.9 Å². The van der Waals surface area contributed by atoms with Crippen LogP contribution in [-0.4, -0.2) is 13.1 Å². The highest BCUT2D eigenvalue weighted by atomic mass is 79.9. The monoisotopic (exact) mass is 340 g/mol. The second-order valence-electron chi connectivity index (χ2n) is 4.21. The molecule has 3 rings (SSSR count). The van der Waals surface area contributed by atoms with Crippen molar-refractivity contribution in [1.82, 2.24) is 0 Å². The van der Waals surface area contributed by atoms with E-state index >= 15 is 0 Å². The van der Waals surface area contributed by atoms with Gasteiger partial charge >= 0.3 is 5.97 Å². The Bertz CT molecular complexity index is 651. The largest absolute Gasteiger partial charge is 0.468 e. The Labute approximate surface area is 121 Å². The number of carbonyl (C=O) groups is 1. The first-order valence-electron chi connectivity index (χ1n) is 5.43. The van der Waals surface area contributed by atoms with Crippen LogP contribution in [0.2, 0.25) is 0 Å². The van der Waals surface area contributed by atoms with Crippen molar-refractivity contribution in [2.24, 2.45) is 5.41 Å². The van der Waals surface area contributed by atoms with E-state index in [4.69, 9.17) is 4.74 Å². The molecule has 0 spiro atoms. The summed E-state index contributed by atoms with van der Waals surface area (Å²) >= 11 is 6.83. The van der Waals surface area contributed by atoms with Gasteiger partial charge in [-0.1, -0.05) is 11.8 Å². The Morgan fingerprint density at radius 3 is 2.72 bits per heavy atom. The molecule has 18 heavy (non-hydrogen) atoms. The summed E-state index contributed by atoms with van der Waals surface area (Å²) in [5, 5.41) is 0. The quantitative estimate of drug-likeness (QED) is 0.578. The lowest BCUT2D eigenvalue weighted by molar-refractivity contribution is -0.144. The molecular formula is C13H9BrO2S2. The number of hydrogen-bond acceptors (Lipinski definition) is 4. The van der Waals surface area contributed by atoms with Gasteiger partial charge in [0.2, 0.25) is 0 Å².